The van der Waals surface area contributed by atoms with Crippen molar-refractivity contribution >= 4 is 5.91 Å². The van der Waals surface area contributed by atoms with E-state index in [2.05, 4.69) is 10.6 Å². The van der Waals surface area contributed by atoms with Gasteiger partial charge in [0.25, 0.3) is 0 Å². The van der Waals surface area contributed by atoms with Gasteiger partial charge in [0.15, 0.2) is 0 Å². The molecule has 1 unspecified atom stereocenters. The Bertz CT molecular complexity index is 560. The Morgan fingerprint density at radius 1 is 1.24 bits per heavy atom. The van der Waals surface area contributed by atoms with Gasteiger partial charge >= 0.3 is 0 Å². The Balaban J connectivity index is 1.78. The van der Waals surface area contributed by atoms with Gasteiger partial charge in [-0.3, -0.25) is 4.79 Å². The summed E-state index contributed by atoms with van der Waals surface area (Å²) in [7, 11) is 0. The Morgan fingerprint density at radius 3 is 2.76 bits per heavy atom. The molecule has 1 fully saturated rings. The maximum atomic E-state index is 12.5. The van der Waals surface area contributed by atoms with Crippen LogP contribution in [-0.2, 0) is 4.79 Å². The van der Waals surface area contributed by atoms with Crippen molar-refractivity contribution in [1.82, 2.24) is 10.6 Å². The van der Waals surface area contributed by atoms with Crippen molar-refractivity contribution in [2.75, 3.05) is 13.1 Å². The zero-order chi connectivity index (χ0) is 14.5. The molecule has 0 radical (unpaired) electrons. The van der Waals surface area contributed by atoms with E-state index in [0.29, 0.717) is 0 Å². The van der Waals surface area contributed by atoms with Crippen LogP contribution in [0.4, 0.5) is 0 Å². The molecule has 0 saturated carbocycles. The summed E-state index contributed by atoms with van der Waals surface area (Å²) in [6.45, 7) is 1.76. The lowest BCUT2D eigenvalue weighted by molar-refractivity contribution is -0.126. The normalized spacial score (nSPS) is 19.9. The van der Waals surface area contributed by atoms with E-state index in [4.69, 9.17) is 4.42 Å². The lowest BCUT2D eigenvalue weighted by atomic mass is 9.97. The summed E-state index contributed by atoms with van der Waals surface area (Å²) in [4.78, 5) is 12.5. The van der Waals surface area contributed by atoms with Crippen molar-refractivity contribution in [3.63, 3.8) is 0 Å². The predicted octanol–water partition coefficient (Wildman–Crippen LogP) is 2.48. The Hall–Kier alpha value is -2.07. The van der Waals surface area contributed by atoms with Crippen LogP contribution in [0.2, 0.25) is 0 Å². The summed E-state index contributed by atoms with van der Waals surface area (Å²) in [5, 5.41) is 6.41. The fourth-order valence-corrected chi connectivity index (χ4v) is 2.76. The lowest BCUT2D eigenvalue weighted by Gasteiger charge is -2.25. The second kappa shape index (κ2) is 6.59. The minimum atomic E-state index is -0.226. The van der Waals surface area contributed by atoms with Crippen LogP contribution in [0.5, 0.6) is 0 Å². The molecule has 2 heterocycles. The van der Waals surface area contributed by atoms with E-state index in [1.54, 1.807) is 6.26 Å². The maximum Gasteiger partial charge on any atom is 0.225 e. The summed E-state index contributed by atoms with van der Waals surface area (Å²) in [6.07, 6.45) is 3.63. The lowest BCUT2D eigenvalue weighted by Crippen LogP contribution is -2.42. The minimum Gasteiger partial charge on any atom is -0.467 e. The van der Waals surface area contributed by atoms with Crippen molar-refractivity contribution in [2.45, 2.75) is 18.9 Å². The van der Waals surface area contributed by atoms with Gasteiger partial charge in [-0.15, -0.1) is 0 Å². The van der Waals surface area contributed by atoms with Crippen molar-refractivity contribution in [3.8, 4) is 0 Å². The fourth-order valence-electron chi connectivity index (χ4n) is 2.76. The van der Waals surface area contributed by atoms with Crippen molar-refractivity contribution in [1.29, 1.82) is 0 Å². The smallest absolute Gasteiger partial charge is 0.225 e. The number of nitrogens with one attached hydrogen (secondary N) is 2. The van der Waals surface area contributed by atoms with Gasteiger partial charge < -0.3 is 15.1 Å². The van der Waals surface area contributed by atoms with Crippen LogP contribution in [-0.4, -0.2) is 19.0 Å². The largest absolute Gasteiger partial charge is 0.467 e. The van der Waals surface area contributed by atoms with Gasteiger partial charge in [-0.25, -0.2) is 0 Å². The zero-order valence-electron chi connectivity index (χ0n) is 11.9. The van der Waals surface area contributed by atoms with Gasteiger partial charge in [-0.05, 0) is 37.1 Å². The summed E-state index contributed by atoms with van der Waals surface area (Å²) >= 11 is 0. The molecule has 1 amide bonds. The van der Waals surface area contributed by atoms with Crippen LogP contribution >= 0.6 is 0 Å². The molecule has 1 aliphatic rings. The average molecular weight is 284 g/mol. The first-order valence-corrected chi connectivity index (χ1v) is 7.44. The maximum absolute atomic E-state index is 12.5. The third-order valence-corrected chi connectivity index (χ3v) is 3.91. The molecule has 1 aromatic heterocycles. The molecule has 2 aromatic rings. The Morgan fingerprint density at radius 2 is 2.10 bits per heavy atom. The average Bonchev–Trinajstić information content (AvgIpc) is 3.08. The summed E-state index contributed by atoms with van der Waals surface area (Å²) in [6, 6.07) is 13.4. The van der Waals surface area contributed by atoms with Crippen LogP contribution in [0.15, 0.2) is 53.1 Å². The summed E-state index contributed by atoms with van der Waals surface area (Å²) < 4.78 is 5.51. The Labute approximate surface area is 124 Å². The van der Waals surface area contributed by atoms with E-state index in [0.717, 1.165) is 37.3 Å². The molecular weight excluding hydrogens is 264 g/mol. The molecule has 21 heavy (non-hydrogen) atoms. The second-order valence-electron chi connectivity index (χ2n) is 5.41. The van der Waals surface area contributed by atoms with Crippen LogP contribution < -0.4 is 10.6 Å². The molecule has 1 aromatic carbocycles. The first kappa shape index (κ1) is 13.9. The first-order valence-electron chi connectivity index (χ1n) is 7.44. The van der Waals surface area contributed by atoms with Crippen LogP contribution in [0, 0.1) is 5.92 Å². The summed E-state index contributed by atoms with van der Waals surface area (Å²) in [5.41, 5.74) is 1.03. The van der Waals surface area contributed by atoms with E-state index in [1.807, 2.05) is 42.5 Å². The number of hydrogen-bond acceptors (Lipinski definition) is 3. The van der Waals surface area contributed by atoms with Crippen LogP contribution in [0.3, 0.4) is 0 Å². The molecule has 110 valence electrons. The number of carbonyl (C=O) groups is 1. The van der Waals surface area contributed by atoms with Crippen LogP contribution in [0.25, 0.3) is 0 Å². The molecule has 0 bridgehead atoms. The van der Waals surface area contributed by atoms with Gasteiger partial charge in [-0.1, -0.05) is 30.3 Å². The molecule has 0 spiro atoms. The monoisotopic (exact) mass is 284 g/mol. The first-order chi connectivity index (χ1) is 10.3. The number of furan rings is 1. The van der Waals surface area contributed by atoms with Gasteiger partial charge in [0.1, 0.15) is 11.8 Å². The van der Waals surface area contributed by atoms with E-state index in [-0.39, 0.29) is 17.9 Å². The number of piperidine rings is 1. The minimum absolute atomic E-state index is 0.0416. The molecule has 0 aliphatic carbocycles. The number of rotatable bonds is 4. The number of benzene rings is 1. The molecule has 4 heteroatoms. The van der Waals surface area contributed by atoms with E-state index >= 15 is 0 Å². The number of carbonyl (C=O) groups excluding carboxylic acids is 1. The van der Waals surface area contributed by atoms with E-state index in [9.17, 15) is 4.79 Å². The Kier molecular flexibility index (Phi) is 4.36. The highest BCUT2D eigenvalue weighted by Gasteiger charge is 2.25. The highest BCUT2D eigenvalue weighted by molar-refractivity contribution is 5.79. The molecule has 3 rings (SSSR count). The summed E-state index contributed by atoms with van der Waals surface area (Å²) in [5.74, 6) is 0.894. The second-order valence-corrected chi connectivity index (χ2v) is 5.41. The third kappa shape index (κ3) is 3.34. The predicted molar refractivity (Wildman–Crippen MR) is 80.7 cm³/mol. The highest BCUT2D eigenvalue weighted by atomic mass is 16.3. The van der Waals surface area contributed by atoms with Gasteiger partial charge in [0.2, 0.25) is 5.91 Å². The standard InChI is InChI=1S/C17H20N2O2/c20-17(14-8-4-10-18-12-14)19-16(15-9-5-11-21-15)13-6-2-1-3-7-13/h1-3,5-7,9,11,14,16,18H,4,8,10,12H2,(H,19,20)/t14-,16?/m1/s1. The van der Waals surface area contributed by atoms with E-state index < -0.39 is 0 Å². The molecule has 4 nitrogen and oxygen atoms in total. The van der Waals surface area contributed by atoms with E-state index in [1.165, 1.54) is 0 Å². The van der Waals surface area contributed by atoms with Crippen molar-refractivity contribution in [3.05, 3.63) is 60.1 Å². The zero-order valence-corrected chi connectivity index (χ0v) is 11.9. The third-order valence-electron chi connectivity index (χ3n) is 3.91. The molecule has 2 N–H and O–H groups in total. The quantitative estimate of drug-likeness (QED) is 0.907. The number of amides is 1. The number of hydrogen-bond donors (Lipinski definition) is 2. The molecular formula is C17H20N2O2. The topological polar surface area (TPSA) is 54.3 Å². The van der Waals surface area contributed by atoms with Gasteiger partial charge in [-0.2, -0.15) is 0 Å². The van der Waals surface area contributed by atoms with Gasteiger partial charge in [0.05, 0.1) is 12.2 Å². The van der Waals surface area contributed by atoms with Crippen LogP contribution in [0.1, 0.15) is 30.2 Å². The molecule has 2 atom stereocenters. The fraction of sp³-hybridized carbons (Fsp3) is 0.353. The SMILES string of the molecule is O=C(NC(c1ccccc1)c1ccco1)[C@@H]1CCCNC1. The van der Waals surface area contributed by atoms with Crippen molar-refractivity contribution < 1.29 is 9.21 Å². The highest BCUT2D eigenvalue weighted by Crippen LogP contribution is 2.23. The van der Waals surface area contributed by atoms with Crippen molar-refractivity contribution in [2.24, 2.45) is 5.92 Å². The molecule has 1 saturated heterocycles. The van der Waals surface area contributed by atoms with Gasteiger partial charge in [0, 0.05) is 6.54 Å². The molecule has 1 aliphatic heterocycles.